The molecule has 4 aromatic rings. The number of carbonyl (C=O) groups is 4. The summed E-state index contributed by atoms with van der Waals surface area (Å²) in [5, 5.41) is 9.91. The Kier molecular flexibility index (Phi) is 12.0. The highest BCUT2D eigenvalue weighted by Gasteiger charge is 2.29. The van der Waals surface area contributed by atoms with Gasteiger partial charge in [0.1, 0.15) is 26.3 Å². The number of aromatic nitrogens is 2. The number of ether oxygens (including phenoxy) is 2. The van der Waals surface area contributed by atoms with Gasteiger partial charge in [0, 0.05) is 69.8 Å². The minimum absolute atomic E-state index is 0.00756. The fourth-order valence-electron chi connectivity index (χ4n) is 5.41. The summed E-state index contributed by atoms with van der Waals surface area (Å²) in [6.07, 6.45) is 4.68. The van der Waals surface area contributed by atoms with Gasteiger partial charge in [0.15, 0.2) is 0 Å². The van der Waals surface area contributed by atoms with Crippen molar-refractivity contribution in [3.05, 3.63) is 103 Å². The lowest BCUT2D eigenvalue weighted by Gasteiger charge is -2.33. The van der Waals surface area contributed by atoms with E-state index in [0.29, 0.717) is 45.8 Å². The lowest BCUT2D eigenvalue weighted by atomic mass is 10.2. The van der Waals surface area contributed by atoms with E-state index in [4.69, 9.17) is 14.6 Å². The van der Waals surface area contributed by atoms with E-state index in [-0.39, 0.29) is 44.7 Å². The van der Waals surface area contributed by atoms with Crippen LogP contribution in [-0.4, -0.2) is 117 Å². The number of hydrogen-bond acceptors (Lipinski definition) is 8. The summed E-state index contributed by atoms with van der Waals surface area (Å²) in [7, 11) is 0. The van der Waals surface area contributed by atoms with Crippen LogP contribution in [0.25, 0.3) is 10.9 Å². The zero-order chi connectivity index (χ0) is 33.7. The number of benzene rings is 2. The normalized spacial score (nSPS) is 14.9. The molecule has 0 atom stereocenters. The van der Waals surface area contributed by atoms with Crippen LogP contribution in [0.2, 0.25) is 0 Å². The quantitative estimate of drug-likeness (QED) is 0.290. The second kappa shape index (κ2) is 16.9. The number of piperazine rings is 2. The Labute approximate surface area is 278 Å². The number of pyridine rings is 1. The summed E-state index contributed by atoms with van der Waals surface area (Å²) in [5.41, 5.74) is 2.94. The fourth-order valence-corrected chi connectivity index (χ4v) is 5.41. The van der Waals surface area contributed by atoms with Crippen molar-refractivity contribution in [1.29, 1.82) is 0 Å². The zero-order valence-electron chi connectivity index (χ0n) is 26.7. The molecule has 1 N–H and O–H groups in total. The summed E-state index contributed by atoms with van der Waals surface area (Å²) in [4.78, 5) is 58.6. The molecule has 4 heterocycles. The molecule has 252 valence electrons. The van der Waals surface area contributed by atoms with Crippen molar-refractivity contribution >= 4 is 34.9 Å². The molecule has 2 aromatic carbocycles. The average Bonchev–Trinajstić information content (AvgIpc) is 3.54. The van der Waals surface area contributed by atoms with Gasteiger partial charge in [0.2, 0.25) is 11.8 Å². The van der Waals surface area contributed by atoms with Gasteiger partial charge in [-0.3, -0.25) is 24.4 Å². The minimum Gasteiger partial charge on any atom is -0.445 e. The van der Waals surface area contributed by atoms with Crippen LogP contribution < -0.4 is 0 Å². The molecule has 4 amide bonds. The van der Waals surface area contributed by atoms with Gasteiger partial charge in [-0.05, 0) is 23.3 Å². The van der Waals surface area contributed by atoms with E-state index in [0.717, 1.165) is 22.0 Å². The highest BCUT2D eigenvalue weighted by molar-refractivity contribution is 5.84. The molecule has 48 heavy (non-hydrogen) atoms. The number of aliphatic hydroxyl groups excluding tert-OH is 1. The first-order valence-corrected chi connectivity index (χ1v) is 15.9. The molecule has 0 radical (unpaired) electrons. The standard InChI is InChI=1S/C21H22N4O3.C14H18N2O4/c26-20-15-25(21(27)28-16-17-4-2-1-3-5-17)13-12-24(20)11-10-23-9-7-18-14-22-8-6-19(18)23;17-9-8-15-6-7-16(10-13(15)18)14(19)20-11-12-4-2-1-3-5-12/h1-9,14H,10-13,15-16H2;1-5,17H,6-11H2. The van der Waals surface area contributed by atoms with Crippen molar-refractivity contribution < 1.29 is 33.8 Å². The van der Waals surface area contributed by atoms with Crippen LogP contribution in [0.3, 0.4) is 0 Å². The Bertz CT molecular complexity index is 1670. The molecule has 6 rings (SSSR count). The molecule has 2 aromatic heterocycles. The van der Waals surface area contributed by atoms with E-state index >= 15 is 0 Å². The van der Waals surface area contributed by atoms with Crippen LogP contribution >= 0.6 is 0 Å². The lowest BCUT2D eigenvalue weighted by molar-refractivity contribution is -0.136. The number of carbonyl (C=O) groups excluding carboxylic acids is 4. The summed E-state index contributed by atoms with van der Waals surface area (Å²) < 4.78 is 12.6. The van der Waals surface area contributed by atoms with E-state index in [2.05, 4.69) is 9.55 Å². The summed E-state index contributed by atoms with van der Waals surface area (Å²) in [5.74, 6) is -0.219. The van der Waals surface area contributed by atoms with Gasteiger partial charge in [0.25, 0.3) is 0 Å². The van der Waals surface area contributed by atoms with Crippen molar-refractivity contribution in [2.45, 2.75) is 19.8 Å². The molecule has 0 bridgehead atoms. The van der Waals surface area contributed by atoms with Crippen molar-refractivity contribution in [3.63, 3.8) is 0 Å². The molecule has 2 aliphatic rings. The largest absolute Gasteiger partial charge is 0.445 e. The molecule has 2 saturated heterocycles. The van der Waals surface area contributed by atoms with Gasteiger partial charge in [0.05, 0.1) is 12.1 Å². The molecular weight excluding hydrogens is 616 g/mol. The fraction of sp³-hybridized carbons (Fsp3) is 0.343. The molecule has 2 fully saturated rings. The van der Waals surface area contributed by atoms with Crippen molar-refractivity contribution in [2.75, 3.05) is 59.0 Å². The Hall–Kier alpha value is -5.43. The summed E-state index contributed by atoms with van der Waals surface area (Å²) >= 11 is 0. The van der Waals surface area contributed by atoms with Crippen LogP contribution in [0.4, 0.5) is 9.59 Å². The molecule has 0 saturated carbocycles. The van der Waals surface area contributed by atoms with Crippen LogP contribution in [0, 0.1) is 0 Å². The number of β-amino-alcohol motifs (C(OH)–C–C–N with tert-alkyl or cyclic N) is 1. The maximum Gasteiger partial charge on any atom is 0.410 e. The number of fused-ring (bicyclic) bond motifs is 1. The third-order valence-electron chi connectivity index (χ3n) is 8.12. The van der Waals surface area contributed by atoms with Crippen LogP contribution in [0.1, 0.15) is 11.1 Å². The Morgan fingerprint density at radius 2 is 1.23 bits per heavy atom. The van der Waals surface area contributed by atoms with E-state index in [1.165, 1.54) is 9.80 Å². The van der Waals surface area contributed by atoms with Crippen LogP contribution in [-0.2, 0) is 38.8 Å². The molecule has 13 heteroatoms. The Morgan fingerprint density at radius 3 is 1.75 bits per heavy atom. The Balaban J connectivity index is 0.000000199. The van der Waals surface area contributed by atoms with Gasteiger partial charge in [-0.25, -0.2) is 9.59 Å². The molecule has 0 aliphatic carbocycles. The van der Waals surface area contributed by atoms with Crippen molar-refractivity contribution in [1.82, 2.24) is 29.2 Å². The molecule has 0 unspecified atom stereocenters. The third kappa shape index (κ3) is 9.32. The van der Waals surface area contributed by atoms with Gasteiger partial charge in [-0.15, -0.1) is 0 Å². The molecule has 0 spiro atoms. The summed E-state index contributed by atoms with van der Waals surface area (Å²) in [6.45, 7) is 3.90. The molecule has 2 aliphatic heterocycles. The number of nitrogens with zero attached hydrogens (tertiary/aromatic N) is 6. The number of amides is 4. The SMILES string of the molecule is O=C1CN(C(=O)OCc2ccccc2)CCN1CCO.O=C1CN(C(=O)OCc2ccccc2)CCN1CCn1ccc2cnccc21. The topological polar surface area (TPSA) is 138 Å². The van der Waals surface area contributed by atoms with Gasteiger partial charge in [-0.1, -0.05) is 60.7 Å². The van der Waals surface area contributed by atoms with Gasteiger partial charge < -0.3 is 28.9 Å². The molecular formula is C35H40N6O7. The summed E-state index contributed by atoms with van der Waals surface area (Å²) in [6, 6.07) is 22.9. The van der Waals surface area contributed by atoms with E-state index < -0.39 is 12.2 Å². The van der Waals surface area contributed by atoms with E-state index in [1.807, 2.05) is 85.2 Å². The number of aliphatic hydroxyl groups is 1. The van der Waals surface area contributed by atoms with Gasteiger partial charge >= 0.3 is 12.2 Å². The highest BCUT2D eigenvalue weighted by atomic mass is 16.6. The van der Waals surface area contributed by atoms with E-state index in [9.17, 15) is 19.2 Å². The van der Waals surface area contributed by atoms with E-state index in [1.54, 1.807) is 16.0 Å². The maximum absolute atomic E-state index is 12.5. The van der Waals surface area contributed by atoms with Gasteiger partial charge in [-0.2, -0.15) is 0 Å². The highest BCUT2D eigenvalue weighted by Crippen LogP contribution is 2.15. The lowest BCUT2D eigenvalue weighted by Crippen LogP contribution is -2.52. The average molecular weight is 657 g/mol. The third-order valence-corrected chi connectivity index (χ3v) is 8.12. The van der Waals surface area contributed by atoms with Crippen LogP contribution in [0.5, 0.6) is 0 Å². The first-order chi connectivity index (χ1) is 23.4. The zero-order valence-corrected chi connectivity index (χ0v) is 26.7. The number of hydrogen-bond donors (Lipinski definition) is 1. The van der Waals surface area contributed by atoms with Crippen molar-refractivity contribution in [3.8, 4) is 0 Å². The smallest absolute Gasteiger partial charge is 0.410 e. The number of rotatable bonds is 9. The predicted octanol–water partition coefficient (Wildman–Crippen LogP) is 2.98. The second-order valence-electron chi connectivity index (χ2n) is 11.4. The second-order valence-corrected chi connectivity index (χ2v) is 11.4. The monoisotopic (exact) mass is 656 g/mol. The maximum atomic E-state index is 12.5. The first kappa shape index (κ1) is 33.9. The molecule has 13 nitrogen and oxygen atoms in total. The minimum atomic E-state index is -0.481. The van der Waals surface area contributed by atoms with Crippen molar-refractivity contribution in [2.24, 2.45) is 0 Å². The first-order valence-electron chi connectivity index (χ1n) is 15.9. The Morgan fingerprint density at radius 1 is 0.688 bits per heavy atom. The predicted molar refractivity (Wildman–Crippen MR) is 176 cm³/mol. The van der Waals surface area contributed by atoms with Crippen LogP contribution in [0.15, 0.2) is 91.4 Å².